The molecule has 6 atom stereocenters. The third kappa shape index (κ3) is 3.02. The highest BCUT2D eigenvalue weighted by Crippen LogP contribution is 2.48. The lowest BCUT2D eigenvalue weighted by atomic mass is 9.68. The van der Waals surface area contributed by atoms with Crippen LogP contribution in [0.25, 0.3) is 0 Å². The van der Waals surface area contributed by atoms with E-state index in [2.05, 4.69) is 35.7 Å². The van der Waals surface area contributed by atoms with Crippen LogP contribution in [0.2, 0.25) is 0 Å². The summed E-state index contributed by atoms with van der Waals surface area (Å²) in [5, 5.41) is 0. The Balaban J connectivity index is 1.42. The minimum atomic E-state index is 0.0670. The Morgan fingerprint density at radius 3 is 2.44 bits per heavy atom. The molecule has 0 radical (unpaired) electrons. The maximum atomic E-state index is 13.8. The minimum Gasteiger partial charge on any atom is -0.346 e. The van der Waals surface area contributed by atoms with Gasteiger partial charge in [-0.3, -0.25) is 4.79 Å². The van der Waals surface area contributed by atoms with Crippen LogP contribution < -0.4 is 0 Å². The van der Waals surface area contributed by atoms with Gasteiger partial charge in [0.05, 0.1) is 11.6 Å². The number of nitrogens with one attached hydrogen (secondary N) is 1. The molecule has 5 nitrogen and oxygen atoms in total. The first kappa shape index (κ1) is 17.7. The Morgan fingerprint density at radius 1 is 1.07 bits per heavy atom. The fourth-order valence-electron chi connectivity index (χ4n) is 6.86. The number of H-pyrrole nitrogens is 1. The number of fused-ring (bicyclic) bond motifs is 1. The number of carbonyl (C=O) groups is 1. The summed E-state index contributed by atoms with van der Waals surface area (Å²) in [6.45, 7) is 7.09. The van der Waals surface area contributed by atoms with Crippen LogP contribution in [0.3, 0.4) is 0 Å². The number of aromatic amines is 1. The van der Waals surface area contributed by atoms with Crippen LogP contribution in [-0.4, -0.2) is 58.4 Å². The Labute approximate surface area is 162 Å². The molecule has 4 heterocycles. The fourth-order valence-corrected chi connectivity index (χ4v) is 6.86. The topological polar surface area (TPSA) is 52.2 Å². The molecule has 1 aromatic heterocycles. The molecule has 3 aliphatic heterocycles. The van der Waals surface area contributed by atoms with Gasteiger partial charge in [0.1, 0.15) is 5.82 Å². The number of hydrogen-bond acceptors (Lipinski definition) is 3. The van der Waals surface area contributed by atoms with Crippen molar-refractivity contribution in [2.24, 2.45) is 23.7 Å². The number of aromatic nitrogens is 2. The van der Waals surface area contributed by atoms with E-state index in [1.165, 1.54) is 32.1 Å². The summed E-state index contributed by atoms with van der Waals surface area (Å²) in [4.78, 5) is 26.8. The average Bonchev–Trinajstić information content (AvgIpc) is 3.13. The van der Waals surface area contributed by atoms with Gasteiger partial charge in [0, 0.05) is 43.7 Å². The van der Waals surface area contributed by atoms with Gasteiger partial charge in [-0.15, -0.1) is 0 Å². The largest absolute Gasteiger partial charge is 0.346 e. The van der Waals surface area contributed by atoms with Gasteiger partial charge in [0.15, 0.2) is 0 Å². The quantitative estimate of drug-likeness (QED) is 0.890. The van der Waals surface area contributed by atoms with E-state index in [-0.39, 0.29) is 11.8 Å². The first-order chi connectivity index (χ1) is 13.0. The van der Waals surface area contributed by atoms with Gasteiger partial charge in [0.25, 0.3) is 0 Å². The molecule has 3 saturated heterocycles. The van der Waals surface area contributed by atoms with Crippen LogP contribution in [0.1, 0.15) is 62.2 Å². The number of amides is 1. The van der Waals surface area contributed by atoms with E-state index in [4.69, 9.17) is 4.98 Å². The van der Waals surface area contributed by atoms with Gasteiger partial charge >= 0.3 is 0 Å². The number of carbonyl (C=O) groups excluding carboxylic acids is 1. The number of hydrogen-bond donors (Lipinski definition) is 1. The van der Waals surface area contributed by atoms with Crippen molar-refractivity contribution in [3.8, 4) is 0 Å². The van der Waals surface area contributed by atoms with E-state index in [1.807, 2.05) is 0 Å². The number of imidazole rings is 1. The maximum Gasteiger partial charge on any atom is 0.227 e. The van der Waals surface area contributed by atoms with E-state index >= 15 is 0 Å². The monoisotopic (exact) mass is 370 g/mol. The van der Waals surface area contributed by atoms with Crippen LogP contribution in [0.4, 0.5) is 0 Å². The molecule has 5 heteroatoms. The number of aryl methyl sites for hydroxylation is 2. The summed E-state index contributed by atoms with van der Waals surface area (Å²) in [5.74, 6) is 4.29. The molecular weight excluding hydrogens is 336 g/mol. The molecule has 27 heavy (non-hydrogen) atoms. The Hall–Kier alpha value is -1.36. The highest BCUT2D eigenvalue weighted by molar-refractivity contribution is 5.81. The summed E-state index contributed by atoms with van der Waals surface area (Å²) in [7, 11) is 2.15. The number of rotatable bonds is 3. The SMILES string of the molecule is CCc1nc([C@H]2CN(C)C[C@@H]2C(=O)N2CC3C[C@@H]4CC2C[C@H](C3)C4)c(C)[nH]1. The standard InChI is InChI=1S/C22H34N4O/c1-4-20-23-13(2)21(24-20)18-11-25(3)12-19(18)22(27)26-10-16-6-14-5-15(7-16)9-17(26)8-14/h14-19H,4-12H2,1-3H3,(H,23,24)/t14-,15+,16?,17?,18-,19-/m0/s1. The average molecular weight is 371 g/mol. The number of likely N-dealkylation sites (N-methyl/N-ethyl adjacent to an activating group) is 1. The van der Waals surface area contributed by atoms with Crippen molar-refractivity contribution in [2.75, 3.05) is 26.7 Å². The smallest absolute Gasteiger partial charge is 0.227 e. The van der Waals surface area contributed by atoms with Gasteiger partial charge in [-0.1, -0.05) is 6.92 Å². The maximum absolute atomic E-state index is 13.8. The molecule has 6 rings (SSSR count). The van der Waals surface area contributed by atoms with E-state index in [9.17, 15) is 4.79 Å². The molecule has 1 amide bonds. The van der Waals surface area contributed by atoms with Gasteiger partial charge in [-0.2, -0.15) is 0 Å². The summed E-state index contributed by atoms with van der Waals surface area (Å²) in [5.41, 5.74) is 2.29. The van der Waals surface area contributed by atoms with E-state index < -0.39 is 0 Å². The summed E-state index contributed by atoms with van der Waals surface area (Å²) >= 11 is 0. The Bertz CT molecular complexity index is 714. The molecule has 0 aromatic carbocycles. The van der Waals surface area contributed by atoms with Crippen molar-refractivity contribution in [1.29, 1.82) is 0 Å². The van der Waals surface area contributed by atoms with Crippen LogP contribution in [0.15, 0.2) is 0 Å². The molecule has 4 bridgehead atoms. The van der Waals surface area contributed by atoms with E-state index in [1.54, 1.807) is 0 Å². The fraction of sp³-hybridized carbons (Fsp3) is 0.818. The number of likely N-dealkylation sites (tertiary alicyclic amines) is 1. The predicted molar refractivity (Wildman–Crippen MR) is 105 cm³/mol. The zero-order valence-corrected chi connectivity index (χ0v) is 17.1. The lowest BCUT2D eigenvalue weighted by Crippen LogP contribution is -2.46. The van der Waals surface area contributed by atoms with E-state index in [0.29, 0.717) is 11.9 Å². The molecule has 5 fully saturated rings. The second-order valence-corrected chi connectivity index (χ2v) is 9.90. The summed E-state index contributed by atoms with van der Waals surface area (Å²) in [6, 6.07) is 0.506. The highest BCUT2D eigenvalue weighted by Gasteiger charge is 2.48. The van der Waals surface area contributed by atoms with Crippen LogP contribution in [-0.2, 0) is 11.2 Å². The molecular formula is C22H34N4O. The lowest BCUT2D eigenvalue weighted by molar-refractivity contribution is -0.138. The molecule has 5 aliphatic rings. The molecule has 1 aromatic rings. The summed E-state index contributed by atoms with van der Waals surface area (Å²) in [6.07, 6.45) is 7.59. The van der Waals surface area contributed by atoms with Crippen molar-refractivity contribution in [3.63, 3.8) is 0 Å². The zero-order chi connectivity index (χ0) is 18.7. The van der Waals surface area contributed by atoms with E-state index in [0.717, 1.165) is 61.0 Å². The van der Waals surface area contributed by atoms with Crippen molar-refractivity contribution >= 4 is 5.91 Å². The van der Waals surface area contributed by atoms with Crippen molar-refractivity contribution in [2.45, 2.75) is 64.3 Å². The molecule has 2 aliphatic carbocycles. The predicted octanol–water partition coefficient (Wildman–Crippen LogP) is 2.96. The number of nitrogens with zero attached hydrogens (tertiary/aromatic N) is 3. The normalized spacial score (nSPS) is 38.6. The second-order valence-electron chi connectivity index (χ2n) is 9.90. The molecule has 2 saturated carbocycles. The van der Waals surface area contributed by atoms with Crippen LogP contribution >= 0.6 is 0 Å². The van der Waals surface area contributed by atoms with Gasteiger partial charge in [-0.05, 0) is 63.8 Å². The van der Waals surface area contributed by atoms with Gasteiger partial charge in [-0.25, -0.2) is 4.98 Å². The van der Waals surface area contributed by atoms with Crippen molar-refractivity contribution in [3.05, 3.63) is 17.2 Å². The van der Waals surface area contributed by atoms with Crippen molar-refractivity contribution in [1.82, 2.24) is 19.8 Å². The first-order valence-electron chi connectivity index (χ1n) is 11.1. The molecule has 2 unspecified atom stereocenters. The Kier molecular flexibility index (Phi) is 4.34. The minimum absolute atomic E-state index is 0.0670. The first-order valence-corrected chi connectivity index (χ1v) is 11.1. The third-order valence-corrected chi connectivity index (χ3v) is 7.87. The van der Waals surface area contributed by atoms with Crippen LogP contribution in [0, 0.1) is 30.6 Å². The van der Waals surface area contributed by atoms with Gasteiger partial charge < -0.3 is 14.8 Å². The Morgan fingerprint density at radius 2 is 1.78 bits per heavy atom. The molecule has 1 N–H and O–H groups in total. The lowest BCUT2D eigenvalue weighted by Gasteiger charge is -2.39. The highest BCUT2D eigenvalue weighted by atomic mass is 16.2. The van der Waals surface area contributed by atoms with Crippen LogP contribution in [0.5, 0.6) is 0 Å². The zero-order valence-electron chi connectivity index (χ0n) is 17.1. The molecule has 0 spiro atoms. The second kappa shape index (κ2) is 6.61. The van der Waals surface area contributed by atoms with Crippen molar-refractivity contribution < 1.29 is 4.79 Å². The third-order valence-electron chi connectivity index (χ3n) is 7.87. The van der Waals surface area contributed by atoms with Gasteiger partial charge in [0.2, 0.25) is 5.91 Å². The molecule has 148 valence electrons. The summed E-state index contributed by atoms with van der Waals surface area (Å²) < 4.78 is 0.